The maximum Gasteiger partial charge on any atom is 0.227 e. The van der Waals surface area contributed by atoms with Gasteiger partial charge in [0, 0.05) is 67.5 Å². The van der Waals surface area contributed by atoms with E-state index in [9.17, 15) is 0 Å². The second kappa shape index (κ2) is 9.57. The Balaban J connectivity index is 1.37. The number of nitrogens with zero attached hydrogens (tertiary/aromatic N) is 6. The van der Waals surface area contributed by atoms with E-state index in [2.05, 4.69) is 73.5 Å². The fourth-order valence-corrected chi connectivity index (χ4v) is 4.35. The van der Waals surface area contributed by atoms with Crippen molar-refractivity contribution in [1.82, 2.24) is 24.8 Å². The lowest BCUT2D eigenvalue weighted by Crippen LogP contribution is -2.44. The summed E-state index contributed by atoms with van der Waals surface area (Å²) < 4.78 is 0. The molecule has 34 heavy (non-hydrogen) atoms. The molecule has 4 aromatic rings. The van der Waals surface area contributed by atoms with Crippen molar-refractivity contribution < 1.29 is 0 Å². The molecule has 1 saturated heterocycles. The van der Waals surface area contributed by atoms with Crippen LogP contribution in [-0.2, 0) is 0 Å². The Morgan fingerprint density at radius 3 is 2.62 bits per heavy atom. The van der Waals surface area contributed by atoms with Crippen LogP contribution in [0.1, 0.15) is 23.7 Å². The van der Waals surface area contributed by atoms with E-state index in [1.165, 1.54) is 0 Å². The van der Waals surface area contributed by atoms with Crippen LogP contribution in [0.25, 0.3) is 16.5 Å². The van der Waals surface area contributed by atoms with E-state index < -0.39 is 0 Å². The van der Waals surface area contributed by atoms with Gasteiger partial charge in [0.15, 0.2) is 0 Å². The Kier molecular flexibility index (Phi) is 6.18. The highest BCUT2D eigenvalue weighted by Crippen LogP contribution is 2.28. The van der Waals surface area contributed by atoms with Crippen LogP contribution in [0.3, 0.4) is 0 Å². The van der Waals surface area contributed by atoms with E-state index in [4.69, 9.17) is 4.98 Å². The van der Waals surface area contributed by atoms with E-state index in [1.807, 2.05) is 44.6 Å². The van der Waals surface area contributed by atoms with Gasteiger partial charge in [0.1, 0.15) is 5.82 Å². The van der Waals surface area contributed by atoms with Gasteiger partial charge in [-0.3, -0.25) is 4.98 Å². The van der Waals surface area contributed by atoms with Gasteiger partial charge < -0.3 is 15.1 Å². The molecule has 0 bridgehead atoms. The van der Waals surface area contributed by atoms with Crippen LogP contribution in [-0.4, -0.2) is 58.1 Å². The zero-order valence-corrected chi connectivity index (χ0v) is 19.9. The first-order valence-corrected chi connectivity index (χ1v) is 11.6. The minimum absolute atomic E-state index is 0.579. The third kappa shape index (κ3) is 4.61. The number of pyridine rings is 2. The quantitative estimate of drug-likeness (QED) is 0.473. The second-order valence-electron chi connectivity index (χ2n) is 8.62. The molecule has 0 saturated carbocycles. The van der Waals surface area contributed by atoms with Crippen molar-refractivity contribution in [2.24, 2.45) is 0 Å². The van der Waals surface area contributed by atoms with Crippen molar-refractivity contribution in [3.05, 3.63) is 84.0 Å². The Bertz CT molecular complexity index is 1340. The molecular weight excluding hydrogens is 422 g/mol. The van der Waals surface area contributed by atoms with Crippen LogP contribution in [0, 0.1) is 6.92 Å². The molecular formula is C27H29N7. The summed E-state index contributed by atoms with van der Waals surface area (Å²) in [6.07, 6.45) is 7.67. The number of fused-ring (bicyclic) bond motifs is 1. The van der Waals surface area contributed by atoms with Crippen molar-refractivity contribution in [3.63, 3.8) is 0 Å². The fraction of sp³-hybridized carbons (Fsp3) is 0.259. The first-order chi connectivity index (χ1) is 16.6. The highest BCUT2D eigenvalue weighted by atomic mass is 15.3. The standard InChI is InChI=1S/C27H29N7/c1-4-23(20-7-8-25-21(16-20)6-5-10-28-25)24-18-30-27(31-19(24)2)32-22-9-11-29-26(17-22)34-14-12-33(3)13-15-34/h4-11,16-18H,12-15H2,1-3H3,(H,29,30,31,32)/b23-4-. The number of hydrogen-bond donors (Lipinski definition) is 1. The summed E-state index contributed by atoms with van der Waals surface area (Å²) in [4.78, 5) is 23.0. The SMILES string of the molecule is C/C=C(/c1ccc2ncccc2c1)c1cnc(Nc2ccnc(N3CCN(C)CC3)c2)nc1C. The summed E-state index contributed by atoms with van der Waals surface area (Å²) >= 11 is 0. The number of rotatable bonds is 5. The van der Waals surface area contributed by atoms with E-state index in [-0.39, 0.29) is 0 Å². The van der Waals surface area contributed by atoms with E-state index in [1.54, 1.807) is 0 Å². The molecule has 1 aromatic carbocycles. The first-order valence-electron chi connectivity index (χ1n) is 11.6. The topological polar surface area (TPSA) is 70.1 Å². The summed E-state index contributed by atoms with van der Waals surface area (Å²) in [5.41, 5.74) is 6.10. The molecule has 0 radical (unpaired) electrons. The number of benzene rings is 1. The molecule has 0 atom stereocenters. The van der Waals surface area contributed by atoms with Crippen LogP contribution in [0.4, 0.5) is 17.5 Å². The molecule has 0 aliphatic carbocycles. The molecule has 3 aromatic heterocycles. The smallest absolute Gasteiger partial charge is 0.227 e. The number of anilines is 3. The normalized spacial score (nSPS) is 15.0. The molecule has 7 nitrogen and oxygen atoms in total. The predicted molar refractivity (Wildman–Crippen MR) is 138 cm³/mol. The highest BCUT2D eigenvalue weighted by Gasteiger charge is 2.16. The Morgan fingerprint density at radius 1 is 0.971 bits per heavy atom. The Labute approximate surface area is 200 Å². The average molecular weight is 452 g/mol. The molecule has 1 fully saturated rings. The molecule has 1 N–H and O–H groups in total. The van der Waals surface area contributed by atoms with Crippen molar-refractivity contribution >= 4 is 33.9 Å². The van der Waals surface area contributed by atoms with Gasteiger partial charge >= 0.3 is 0 Å². The van der Waals surface area contributed by atoms with Crippen LogP contribution in [0.5, 0.6) is 0 Å². The molecule has 0 unspecified atom stereocenters. The molecule has 0 spiro atoms. The third-order valence-electron chi connectivity index (χ3n) is 6.30. The molecule has 172 valence electrons. The lowest BCUT2D eigenvalue weighted by atomic mass is 9.96. The predicted octanol–water partition coefficient (Wildman–Crippen LogP) is 4.68. The average Bonchev–Trinajstić information content (AvgIpc) is 2.86. The summed E-state index contributed by atoms with van der Waals surface area (Å²) in [6.45, 7) is 8.12. The number of likely N-dealkylation sites (N-methyl/N-ethyl adjacent to an activating group) is 1. The summed E-state index contributed by atoms with van der Waals surface area (Å²) in [5, 5.41) is 4.47. The van der Waals surface area contributed by atoms with Gasteiger partial charge in [0.05, 0.1) is 11.2 Å². The van der Waals surface area contributed by atoms with Gasteiger partial charge in [-0.15, -0.1) is 0 Å². The zero-order chi connectivity index (χ0) is 23.5. The van der Waals surface area contributed by atoms with Crippen molar-refractivity contribution in [2.45, 2.75) is 13.8 Å². The number of nitrogens with one attached hydrogen (secondary N) is 1. The summed E-state index contributed by atoms with van der Waals surface area (Å²) in [6, 6.07) is 14.4. The number of aryl methyl sites for hydroxylation is 1. The first kappa shape index (κ1) is 22.0. The highest BCUT2D eigenvalue weighted by molar-refractivity contribution is 5.88. The molecule has 5 rings (SSSR count). The number of aromatic nitrogens is 4. The van der Waals surface area contributed by atoms with Crippen LogP contribution in [0.15, 0.2) is 67.1 Å². The van der Waals surface area contributed by atoms with Crippen LogP contribution in [0.2, 0.25) is 0 Å². The van der Waals surface area contributed by atoms with E-state index >= 15 is 0 Å². The number of hydrogen-bond acceptors (Lipinski definition) is 7. The van der Waals surface area contributed by atoms with Gasteiger partial charge in [-0.05, 0) is 56.3 Å². The number of piperazine rings is 1. The van der Waals surface area contributed by atoms with Crippen LogP contribution >= 0.6 is 0 Å². The monoisotopic (exact) mass is 451 g/mol. The van der Waals surface area contributed by atoms with Crippen molar-refractivity contribution in [3.8, 4) is 0 Å². The van der Waals surface area contributed by atoms with Gasteiger partial charge in [0.25, 0.3) is 0 Å². The third-order valence-corrected chi connectivity index (χ3v) is 6.30. The zero-order valence-electron chi connectivity index (χ0n) is 19.9. The van der Waals surface area contributed by atoms with Gasteiger partial charge in [0.2, 0.25) is 5.95 Å². The second-order valence-corrected chi connectivity index (χ2v) is 8.62. The van der Waals surface area contributed by atoms with Crippen LogP contribution < -0.4 is 10.2 Å². The van der Waals surface area contributed by atoms with Gasteiger partial charge in [-0.25, -0.2) is 15.0 Å². The van der Waals surface area contributed by atoms with E-state index in [0.29, 0.717) is 5.95 Å². The van der Waals surface area contributed by atoms with E-state index in [0.717, 1.165) is 71.0 Å². The molecule has 1 aliphatic rings. The summed E-state index contributed by atoms with van der Waals surface area (Å²) in [7, 11) is 2.16. The Morgan fingerprint density at radius 2 is 1.82 bits per heavy atom. The number of allylic oxidation sites excluding steroid dienone is 1. The lowest BCUT2D eigenvalue weighted by Gasteiger charge is -2.33. The molecule has 1 aliphatic heterocycles. The minimum Gasteiger partial charge on any atom is -0.354 e. The molecule has 4 heterocycles. The molecule has 7 heteroatoms. The Hall–Kier alpha value is -3.84. The maximum absolute atomic E-state index is 4.76. The molecule has 0 amide bonds. The summed E-state index contributed by atoms with van der Waals surface area (Å²) in [5.74, 6) is 1.56. The fourth-order valence-electron chi connectivity index (χ4n) is 4.35. The minimum atomic E-state index is 0.579. The lowest BCUT2D eigenvalue weighted by molar-refractivity contribution is 0.312. The van der Waals surface area contributed by atoms with Gasteiger partial charge in [-0.1, -0.05) is 18.2 Å². The van der Waals surface area contributed by atoms with Gasteiger partial charge in [-0.2, -0.15) is 0 Å². The maximum atomic E-state index is 4.76. The van der Waals surface area contributed by atoms with Crippen molar-refractivity contribution in [2.75, 3.05) is 43.4 Å². The van der Waals surface area contributed by atoms with Crippen molar-refractivity contribution in [1.29, 1.82) is 0 Å². The largest absolute Gasteiger partial charge is 0.354 e.